The Balaban J connectivity index is 1.17. The van der Waals surface area contributed by atoms with Gasteiger partial charge in [-0.3, -0.25) is 19.2 Å². The van der Waals surface area contributed by atoms with E-state index in [0.717, 1.165) is 17.7 Å². The van der Waals surface area contributed by atoms with E-state index in [2.05, 4.69) is 31.4 Å². The predicted octanol–water partition coefficient (Wildman–Crippen LogP) is 4.29. The first-order valence-corrected chi connectivity index (χ1v) is 21.4. The molecule has 2 heterocycles. The zero-order chi connectivity index (χ0) is 42.9. The van der Waals surface area contributed by atoms with Crippen molar-refractivity contribution in [2.24, 2.45) is 29.1 Å². The van der Waals surface area contributed by atoms with Crippen molar-refractivity contribution in [2.75, 3.05) is 59.0 Å². The van der Waals surface area contributed by atoms with E-state index in [1.165, 1.54) is 6.42 Å². The monoisotopic (exact) mass is 825 g/mol. The van der Waals surface area contributed by atoms with Gasteiger partial charge in [0, 0.05) is 67.9 Å². The van der Waals surface area contributed by atoms with E-state index in [9.17, 15) is 24.6 Å². The number of para-hydroxylation sites is 1. The number of hydrogen-bond donors (Lipinski definition) is 4. The Bertz CT molecular complexity index is 2000. The number of hydroxylamine groups is 2. The van der Waals surface area contributed by atoms with Crippen molar-refractivity contribution >= 4 is 23.4 Å². The molecule has 4 N–H and O–H groups in total. The summed E-state index contributed by atoms with van der Waals surface area (Å²) in [5.74, 6) is 0.483. The van der Waals surface area contributed by atoms with Crippen molar-refractivity contribution in [2.45, 2.75) is 83.8 Å². The number of benzene rings is 3. The van der Waals surface area contributed by atoms with Crippen LogP contribution in [0.1, 0.15) is 62.0 Å². The van der Waals surface area contributed by atoms with Gasteiger partial charge in [-0.1, -0.05) is 69.3 Å². The number of amides is 3. The number of nitrogens with one attached hydrogen (secondary N) is 2. The first-order valence-electron chi connectivity index (χ1n) is 21.4. The topological polar surface area (TPSA) is 153 Å². The van der Waals surface area contributed by atoms with E-state index in [1.54, 1.807) is 36.1 Å². The van der Waals surface area contributed by atoms with Crippen LogP contribution in [0.4, 0.5) is 5.69 Å². The molecule has 0 unspecified atom stereocenters. The minimum absolute atomic E-state index is 0.0123. The zero-order valence-electron chi connectivity index (χ0n) is 36.1. The third kappa shape index (κ3) is 8.78. The van der Waals surface area contributed by atoms with Gasteiger partial charge in [0.2, 0.25) is 11.8 Å². The highest BCUT2D eigenvalue weighted by Crippen LogP contribution is 2.61. The summed E-state index contributed by atoms with van der Waals surface area (Å²) in [7, 11) is 5.38. The summed E-state index contributed by atoms with van der Waals surface area (Å²) in [6.45, 7) is 10.1. The third-order valence-corrected chi connectivity index (χ3v) is 13.9. The molecule has 0 radical (unpaired) electrons. The molecular formula is C47H63N5O8. The van der Waals surface area contributed by atoms with Crippen molar-refractivity contribution < 1.29 is 38.9 Å². The van der Waals surface area contributed by atoms with Gasteiger partial charge in [0.25, 0.3) is 5.91 Å². The maximum Gasteiger partial charge on any atom is 0.252 e. The van der Waals surface area contributed by atoms with Crippen molar-refractivity contribution in [3.05, 3.63) is 83.4 Å². The van der Waals surface area contributed by atoms with E-state index in [-0.39, 0.29) is 42.3 Å². The Kier molecular flexibility index (Phi) is 13.2. The highest BCUT2D eigenvalue weighted by molar-refractivity contribution is 6.00. The van der Waals surface area contributed by atoms with E-state index in [1.807, 2.05) is 73.6 Å². The fraction of sp³-hybridized carbons (Fsp3) is 0.553. The average Bonchev–Trinajstić information content (AvgIpc) is 3.62. The van der Waals surface area contributed by atoms with Crippen molar-refractivity contribution in [3.8, 4) is 16.9 Å². The van der Waals surface area contributed by atoms with E-state index >= 15 is 0 Å². The first-order chi connectivity index (χ1) is 28.7. The fourth-order valence-corrected chi connectivity index (χ4v) is 10.3. The Morgan fingerprint density at radius 2 is 1.75 bits per heavy atom. The first kappa shape index (κ1) is 43.6. The highest BCUT2D eigenvalue weighted by Gasteiger charge is 2.57. The molecule has 13 nitrogen and oxygen atoms in total. The summed E-state index contributed by atoms with van der Waals surface area (Å²) in [5, 5.41) is 29.4. The lowest BCUT2D eigenvalue weighted by atomic mass is 9.45. The van der Waals surface area contributed by atoms with Crippen LogP contribution < -0.4 is 20.3 Å². The van der Waals surface area contributed by atoms with Crippen LogP contribution in [0.2, 0.25) is 0 Å². The molecule has 3 saturated carbocycles. The molecule has 3 amide bonds. The lowest BCUT2D eigenvalue weighted by Crippen LogP contribution is -2.62. The van der Waals surface area contributed by atoms with Gasteiger partial charge in [-0.2, -0.15) is 5.06 Å². The number of carbonyl (C=O) groups excluding carboxylic acids is 3. The lowest BCUT2D eigenvalue weighted by molar-refractivity contribution is -0.183. The molecule has 3 aromatic carbocycles. The Morgan fingerprint density at radius 3 is 2.38 bits per heavy atom. The van der Waals surface area contributed by atoms with Crippen molar-refractivity contribution in [1.82, 2.24) is 20.6 Å². The summed E-state index contributed by atoms with van der Waals surface area (Å²) >= 11 is 0. The number of aliphatic hydroxyl groups excluding tert-OH is 2. The number of fused-ring (bicyclic) bond motifs is 2. The summed E-state index contributed by atoms with van der Waals surface area (Å²) in [4.78, 5) is 52.4. The molecule has 324 valence electrons. The molecular weight excluding hydrogens is 763 g/mol. The normalized spacial score (nSPS) is 27.0. The molecule has 0 spiro atoms. The van der Waals surface area contributed by atoms with Gasteiger partial charge < -0.3 is 40.1 Å². The van der Waals surface area contributed by atoms with Crippen LogP contribution >= 0.6 is 0 Å². The van der Waals surface area contributed by atoms with Gasteiger partial charge in [0.1, 0.15) is 23.9 Å². The zero-order valence-corrected chi connectivity index (χ0v) is 36.1. The maximum atomic E-state index is 14.3. The van der Waals surface area contributed by atoms with Crippen molar-refractivity contribution in [1.29, 1.82) is 0 Å². The average molecular weight is 826 g/mol. The minimum atomic E-state index is -0.929. The molecule has 3 aromatic rings. The second kappa shape index (κ2) is 18.2. The number of methoxy groups -OCH3 is 1. The van der Waals surface area contributed by atoms with Crippen LogP contribution in [-0.2, 0) is 32.1 Å². The highest BCUT2D eigenvalue weighted by atomic mass is 16.7. The Labute approximate surface area is 354 Å². The number of morpholine rings is 1. The van der Waals surface area contributed by atoms with Gasteiger partial charge in [-0.25, -0.2) is 0 Å². The fourth-order valence-electron chi connectivity index (χ4n) is 10.3. The molecule has 13 heteroatoms. The second-order valence-electron chi connectivity index (χ2n) is 18.0. The molecule has 3 aliphatic carbocycles. The largest absolute Gasteiger partial charge is 0.496 e. The number of hydrogen-bond acceptors (Lipinski definition) is 10. The molecule has 9 atom stereocenters. The summed E-state index contributed by atoms with van der Waals surface area (Å²) in [6, 6.07) is 19.3. The van der Waals surface area contributed by atoms with E-state index in [4.69, 9.17) is 14.3 Å². The van der Waals surface area contributed by atoms with Crippen LogP contribution in [0.25, 0.3) is 11.1 Å². The molecule has 0 aromatic heterocycles. The molecule has 2 saturated heterocycles. The molecule has 5 aliphatic rings. The van der Waals surface area contributed by atoms with Gasteiger partial charge in [0.15, 0.2) is 0 Å². The van der Waals surface area contributed by atoms with Crippen LogP contribution in [0.5, 0.6) is 5.75 Å². The quantitative estimate of drug-likeness (QED) is 0.185. The Hall–Kier alpha value is -4.53. The SMILES string of the molecule is COc1c(CN2O[C@@H](CO)[C@H]([C@H](C)O)[C@H]2C(=O)N[C@H]2C[C@@H]3C[C@H]([C@@H]2C)C3(C)C)cccc1-c1cc(C(=O)N[C@@H](Cc2ccccc2)C(=O)N2CCOCC2)cc(N(C)C)c1. The van der Waals surface area contributed by atoms with Gasteiger partial charge in [-0.15, -0.1) is 0 Å². The lowest BCUT2D eigenvalue weighted by Gasteiger charge is -2.62. The molecule has 2 aliphatic heterocycles. The molecule has 60 heavy (non-hydrogen) atoms. The minimum Gasteiger partial charge on any atom is -0.496 e. The van der Waals surface area contributed by atoms with E-state index < -0.39 is 30.2 Å². The second-order valence-corrected chi connectivity index (χ2v) is 18.0. The van der Waals surface area contributed by atoms with Crippen molar-refractivity contribution in [3.63, 3.8) is 0 Å². The standard InChI is InChI=1S/C47H63N5O8/c1-28-37-24-34(47(37,3)4)25-38(28)48-45(56)42-41(29(2)54)40(27-53)60-52(42)26-31-14-11-15-36(43(31)58-7)32-21-33(23-35(22-32)50(5)6)44(55)49-39(20-30-12-9-8-10-13-30)46(57)51-16-18-59-19-17-51/h8-15,21-23,28-29,34,37-42,53-54H,16-20,24-27H2,1-7H3,(H,48,56)(H,49,55)/t28-,29-,34-,37+,38-,39-,40-,41-,42-/m0/s1. The molecule has 8 rings (SSSR count). The van der Waals surface area contributed by atoms with Crippen LogP contribution in [0.3, 0.4) is 0 Å². The summed E-state index contributed by atoms with van der Waals surface area (Å²) < 4.78 is 11.6. The number of ether oxygens (including phenoxy) is 2. The number of aliphatic hydroxyl groups is 2. The smallest absolute Gasteiger partial charge is 0.252 e. The number of carbonyl (C=O) groups is 3. The number of anilines is 1. The predicted molar refractivity (Wildman–Crippen MR) is 229 cm³/mol. The summed E-state index contributed by atoms with van der Waals surface area (Å²) in [5.41, 5.74) is 4.48. The van der Waals surface area contributed by atoms with Gasteiger partial charge in [0.05, 0.1) is 39.6 Å². The Morgan fingerprint density at radius 1 is 1.02 bits per heavy atom. The number of nitrogens with zero attached hydrogens (tertiary/aromatic N) is 3. The van der Waals surface area contributed by atoms with Gasteiger partial charge >= 0.3 is 0 Å². The number of rotatable bonds is 14. The maximum absolute atomic E-state index is 14.3. The van der Waals surface area contributed by atoms with Crippen LogP contribution in [-0.4, -0.2) is 122 Å². The summed E-state index contributed by atoms with van der Waals surface area (Å²) in [6.07, 6.45) is 0.715. The van der Waals surface area contributed by atoms with E-state index in [0.29, 0.717) is 78.5 Å². The molecule has 5 fully saturated rings. The van der Waals surface area contributed by atoms with Gasteiger partial charge in [-0.05, 0) is 72.3 Å². The van der Waals surface area contributed by atoms with Crippen LogP contribution in [0, 0.1) is 29.1 Å². The third-order valence-electron chi connectivity index (χ3n) is 13.9. The van der Waals surface area contributed by atoms with Crippen LogP contribution in [0.15, 0.2) is 66.7 Å². The molecule has 2 bridgehead atoms.